The van der Waals surface area contributed by atoms with E-state index in [1.807, 2.05) is 4.90 Å². The molecule has 7 nitrogen and oxygen atoms in total. The van der Waals surface area contributed by atoms with Crippen molar-refractivity contribution in [3.05, 3.63) is 36.5 Å². The van der Waals surface area contributed by atoms with Crippen molar-refractivity contribution in [1.82, 2.24) is 24.8 Å². The van der Waals surface area contributed by atoms with Crippen molar-refractivity contribution >= 4 is 17.7 Å². The van der Waals surface area contributed by atoms with Crippen LogP contribution in [0, 0.1) is 0 Å². The highest BCUT2D eigenvalue weighted by atomic mass is 16.2. The van der Waals surface area contributed by atoms with E-state index in [2.05, 4.69) is 25.3 Å². The van der Waals surface area contributed by atoms with Gasteiger partial charge in [-0.3, -0.25) is 9.78 Å². The molecule has 7 heteroatoms. The summed E-state index contributed by atoms with van der Waals surface area (Å²) in [7, 11) is 0. The zero-order chi connectivity index (χ0) is 15.4. The van der Waals surface area contributed by atoms with Gasteiger partial charge in [0.2, 0.25) is 11.9 Å². The van der Waals surface area contributed by atoms with Crippen molar-refractivity contribution < 1.29 is 4.79 Å². The van der Waals surface area contributed by atoms with E-state index in [1.54, 1.807) is 37.8 Å². The molecule has 1 aliphatic heterocycles. The molecule has 1 saturated heterocycles. The number of nitrogens with one attached hydrogen (secondary N) is 1. The predicted molar refractivity (Wildman–Crippen MR) is 81.6 cm³/mol. The summed E-state index contributed by atoms with van der Waals surface area (Å²) in [5, 5.41) is 3.05. The minimum Gasteiger partial charge on any atom is -0.343 e. The molecule has 2 aromatic heterocycles. The molecule has 0 radical (unpaired) electrons. The standard InChI is InChI=1S/C15H18N6O/c1-11(22)21-7-3-12(4-8-21)13-9-16-10-14(19-13)20-15-17-5-2-6-18-15/h2,5-6,9-10,12H,3-4,7-8H2,1H3,(H,17,18,19,20). The minimum atomic E-state index is 0.140. The number of hydrogen-bond donors (Lipinski definition) is 1. The number of hydrogen-bond acceptors (Lipinski definition) is 6. The average molecular weight is 298 g/mol. The molecule has 0 aromatic carbocycles. The monoisotopic (exact) mass is 298 g/mol. The minimum absolute atomic E-state index is 0.140. The first-order valence-electron chi connectivity index (χ1n) is 7.34. The molecule has 1 fully saturated rings. The van der Waals surface area contributed by atoms with Gasteiger partial charge in [-0.1, -0.05) is 0 Å². The number of carbonyl (C=O) groups excluding carboxylic acids is 1. The van der Waals surface area contributed by atoms with Crippen molar-refractivity contribution in [3.8, 4) is 0 Å². The normalized spacial score (nSPS) is 15.6. The first-order valence-corrected chi connectivity index (χ1v) is 7.34. The summed E-state index contributed by atoms with van der Waals surface area (Å²) in [4.78, 5) is 30.3. The Morgan fingerprint density at radius 1 is 1.23 bits per heavy atom. The summed E-state index contributed by atoms with van der Waals surface area (Å²) < 4.78 is 0. The Morgan fingerprint density at radius 3 is 2.64 bits per heavy atom. The number of anilines is 2. The molecule has 2 aromatic rings. The van der Waals surface area contributed by atoms with Gasteiger partial charge in [0.1, 0.15) is 0 Å². The lowest BCUT2D eigenvalue weighted by Crippen LogP contribution is -2.36. The molecule has 0 unspecified atom stereocenters. The molecule has 1 aliphatic rings. The highest BCUT2D eigenvalue weighted by Gasteiger charge is 2.23. The van der Waals surface area contributed by atoms with Crippen LogP contribution < -0.4 is 5.32 Å². The zero-order valence-electron chi connectivity index (χ0n) is 12.4. The Bertz CT molecular complexity index is 639. The van der Waals surface area contributed by atoms with Crippen molar-refractivity contribution in [2.45, 2.75) is 25.7 Å². The quantitative estimate of drug-likeness (QED) is 0.929. The van der Waals surface area contributed by atoms with Crippen LogP contribution in [0.25, 0.3) is 0 Å². The maximum atomic E-state index is 11.4. The van der Waals surface area contributed by atoms with Gasteiger partial charge in [0.15, 0.2) is 5.82 Å². The van der Waals surface area contributed by atoms with Gasteiger partial charge in [-0.2, -0.15) is 0 Å². The van der Waals surface area contributed by atoms with Crippen LogP contribution in [0.1, 0.15) is 31.4 Å². The molecule has 1 amide bonds. The fourth-order valence-electron chi connectivity index (χ4n) is 2.61. The van der Waals surface area contributed by atoms with Crippen molar-refractivity contribution in [1.29, 1.82) is 0 Å². The van der Waals surface area contributed by atoms with Crippen LogP contribution in [-0.4, -0.2) is 43.8 Å². The predicted octanol–water partition coefficient (Wildman–Crippen LogP) is 1.74. The van der Waals surface area contributed by atoms with Crippen LogP contribution in [0.15, 0.2) is 30.9 Å². The maximum Gasteiger partial charge on any atom is 0.228 e. The molecule has 3 heterocycles. The van der Waals surface area contributed by atoms with Crippen LogP contribution in [0.4, 0.5) is 11.8 Å². The number of amides is 1. The summed E-state index contributed by atoms with van der Waals surface area (Å²) in [5.41, 5.74) is 0.948. The van der Waals surface area contributed by atoms with Crippen LogP contribution in [-0.2, 0) is 4.79 Å². The Labute approximate surface area is 128 Å². The molecular formula is C15H18N6O. The van der Waals surface area contributed by atoms with Gasteiger partial charge in [-0.05, 0) is 18.9 Å². The molecular weight excluding hydrogens is 280 g/mol. The lowest BCUT2D eigenvalue weighted by Gasteiger charge is -2.30. The number of likely N-dealkylation sites (tertiary alicyclic amines) is 1. The topological polar surface area (TPSA) is 83.9 Å². The molecule has 0 saturated carbocycles. The van der Waals surface area contributed by atoms with Gasteiger partial charge in [-0.15, -0.1) is 0 Å². The first-order chi connectivity index (χ1) is 10.7. The summed E-state index contributed by atoms with van der Waals surface area (Å²) in [5.74, 6) is 1.61. The number of carbonyl (C=O) groups is 1. The largest absolute Gasteiger partial charge is 0.343 e. The molecule has 22 heavy (non-hydrogen) atoms. The van der Waals surface area contributed by atoms with Crippen molar-refractivity contribution in [2.75, 3.05) is 18.4 Å². The van der Waals surface area contributed by atoms with Crippen LogP contribution >= 0.6 is 0 Å². The van der Waals surface area contributed by atoms with Gasteiger partial charge in [0, 0.05) is 44.5 Å². The third kappa shape index (κ3) is 3.36. The van der Waals surface area contributed by atoms with E-state index < -0.39 is 0 Å². The zero-order valence-corrected chi connectivity index (χ0v) is 12.4. The van der Waals surface area contributed by atoms with Crippen molar-refractivity contribution in [3.63, 3.8) is 0 Å². The third-order valence-electron chi connectivity index (χ3n) is 3.82. The second kappa shape index (κ2) is 6.46. The van der Waals surface area contributed by atoms with E-state index in [0.717, 1.165) is 31.6 Å². The highest BCUT2D eigenvalue weighted by Crippen LogP contribution is 2.27. The second-order valence-corrected chi connectivity index (χ2v) is 5.31. The molecule has 3 rings (SSSR count). The fraction of sp³-hybridized carbons (Fsp3) is 0.400. The molecule has 0 spiro atoms. The Balaban J connectivity index is 1.68. The van der Waals surface area contributed by atoms with Crippen LogP contribution in [0.3, 0.4) is 0 Å². The molecule has 1 N–H and O–H groups in total. The smallest absolute Gasteiger partial charge is 0.228 e. The maximum absolute atomic E-state index is 11.4. The van der Waals surface area contributed by atoms with Crippen LogP contribution in [0.2, 0.25) is 0 Å². The van der Waals surface area contributed by atoms with E-state index in [-0.39, 0.29) is 5.91 Å². The highest BCUT2D eigenvalue weighted by molar-refractivity contribution is 5.73. The fourth-order valence-corrected chi connectivity index (χ4v) is 2.61. The second-order valence-electron chi connectivity index (χ2n) is 5.31. The third-order valence-corrected chi connectivity index (χ3v) is 3.82. The van der Waals surface area contributed by atoms with E-state index in [4.69, 9.17) is 0 Å². The molecule has 114 valence electrons. The van der Waals surface area contributed by atoms with Crippen LogP contribution in [0.5, 0.6) is 0 Å². The summed E-state index contributed by atoms with van der Waals surface area (Å²) in [6, 6.07) is 1.76. The summed E-state index contributed by atoms with van der Waals surface area (Å²) in [6.07, 6.45) is 8.63. The number of aromatic nitrogens is 4. The van der Waals surface area contributed by atoms with Gasteiger partial charge in [0.05, 0.1) is 11.9 Å². The van der Waals surface area contributed by atoms with E-state index in [0.29, 0.717) is 17.7 Å². The number of rotatable bonds is 3. The Kier molecular flexibility index (Phi) is 4.22. The Hall–Kier alpha value is -2.57. The van der Waals surface area contributed by atoms with Gasteiger partial charge in [-0.25, -0.2) is 15.0 Å². The van der Waals surface area contributed by atoms with Gasteiger partial charge >= 0.3 is 0 Å². The summed E-state index contributed by atoms with van der Waals surface area (Å²) in [6.45, 7) is 3.17. The van der Waals surface area contributed by atoms with E-state index in [1.165, 1.54) is 0 Å². The van der Waals surface area contributed by atoms with Gasteiger partial charge < -0.3 is 10.2 Å². The number of piperidine rings is 1. The van der Waals surface area contributed by atoms with E-state index >= 15 is 0 Å². The first kappa shape index (κ1) is 14.4. The SMILES string of the molecule is CC(=O)N1CCC(c2cncc(Nc3ncccn3)n2)CC1. The molecule has 0 atom stereocenters. The van der Waals surface area contributed by atoms with Gasteiger partial charge in [0.25, 0.3) is 0 Å². The molecule has 0 aliphatic carbocycles. The molecule has 0 bridgehead atoms. The van der Waals surface area contributed by atoms with E-state index in [9.17, 15) is 4.79 Å². The number of nitrogens with zero attached hydrogens (tertiary/aromatic N) is 5. The lowest BCUT2D eigenvalue weighted by molar-refractivity contribution is -0.129. The lowest BCUT2D eigenvalue weighted by atomic mass is 9.94. The average Bonchev–Trinajstić information content (AvgIpc) is 2.56. The Morgan fingerprint density at radius 2 is 1.95 bits per heavy atom. The van der Waals surface area contributed by atoms with Crippen molar-refractivity contribution in [2.24, 2.45) is 0 Å². The summed E-state index contributed by atoms with van der Waals surface area (Å²) >= 11 is 0.